The van der Waals surface area contributed by atoms with Gasteiger partial charge in [0.1, 0.15) is 18.9 Å². The van der Waals surface area contributed by atoms with Gasteiger partial charge in [0, 0.05) is 6.42 Å². The van der Waals surface area contributed by atoms with Gasteiger partial charge in [0.05, 0.1) is 5.56 Å². The van der Waals surface area contributed by atoms with Crippen LogP contribution in [0.25, 0.3) is 0 Å². The molecule has 0 spiro atoms. The third-order valence-corrected chi connectivity index (χ3v) is 3.23. The Hall–Kier alpha value is -3.35. The summed E-state index contributed by atoms with van der Waals surface area (Å²) in [4.78, 5) is 23.4. The number of phenols is 2. The highest BCUT2D eigenvalue weighted by Crippen LogP contribution is 2.25. The molecule has 0 heterocycles. The van der Waals surface area contributed by atoms with Crippen LogP contribution >= 0.6 is 0 Å². The summed E-state index contributed by atoms with van der Waals surface area (Å²) in [5.74, 6) is -1.97. The third kappa shape index (κ3) is 5.35. The van der Waals surface area contributed by atoms with Crippen LogP contribution in [0.3, 0.4) is 0 Å². The molecule has 2 rings (SSSR count). The van der Waals surface area contributed by atoms with Crippen LogP contribution < -0.4 is 0 Å². The van der Waals surface area contributed by atoms with Crippen molar-refractivity contribution in [3.05, 3.63) is 59.7 Å². The first-order chi connectivity index (χ1) is 12.0. The summed E-state index contributed by atoms with van der Waals surface area (Å²) < 4.78 is 9.82. The highest BCUT2D eigenvalue weighted by molar-refractivity contribution is 6.35. The van der Waals surface area contributed by atoms with Crippen molar-refractivity contribution in [2.24, 2.45) is 0 Å². The molecule has 0 aliphatic heterocycles. The predicted octanol–water partition coefficient (Wildman–Crippen LogP) is 2.06. The summed E-state index contributed by atoms with van der Waals surface area (Å²) >= 11 is 0. The van der Waals surface area contributed by atoms with E-state index in [2.05, 4.69) is 0 Å². The molecule has 2 aromatic rings. The third-order valence-electron chi connectivity index (χ3n) is 3.23. The number of nitrogens with one attached hydrogen (secondary N) is 1. The van der Waals surface area contributed by atoms with Crippen molar-refractivity contribution in [3.8, 4) is 11.5 Å². The van der Waals surface area contributed by atoms with Crippen LogP contribution in [-0.2, 0) is 20.7 Å². The number of rotatable bonds is 7. The number of hydrogen-bond acceptors (Lipinski definition) is 7. The summed E-state index contributed by atoms with van der Waals surface area (Å²) in [6, 6.07) is 12.4. The van der Waals surface area contributed by atoms with Gasteiger partial charge in [0.2, 0.25) is 0 Å². The number of ether oxygens (including phenoxy) is 2. The van der Waals surface area contributed by atoms with Crippen LogP contribution in [0, 0.1) is 5.41 Å². The Morgan fingerprint density at radius 1 is 0.920 bits per heavy atom. The minimum Gasteiger partial charge on any atom is -0.504 e. The minimum absolute atomic E-state index is 0.0591. The zero-order chi connectivity index (χ0) is 18.2. The number of hydrogen-bond donors (Lipinski definition) is 3. The molecule has 7 heteroatoms. The van der Waals surface area contributed by atoms with E-state index >= 15 is 0 Å². The molecule has 0 aromatic heterocycles. The molecule has 3 N–H and O–H groups in total. The van der Waals surface area contributed by atoms with Gasteiger partial charge in [-0.25, -0.2) is 9.59 Å². The van der Waals surface area contributed by atoms with E-state index in [4.69, 9.17) is 14.9 Å². The topological polar surface area (TPSA) is 117 Å². The van der Waals surface area contributed by atoms with E-state index in [9.17, 15) is 19.8 Å². The molecule has 0 atom stereocenters. The first-order valence-electron chi connectivity index (χ1n) is 7.45. The molecule has 2 aromatic carbocycles. The van der Waals surface area contributed by atoms with Crippen molar-refractivity contribution in [3.63, 3.8) is 0 Å². The fraction of sp³-hybridized carbons (Fsp3) is 0.167. The normalized spacial score (nSPS) is 10.1. The molecule has 0 aliphatic carbocycles. The fourth-order valence-corrected chi connectivity index (χ4v) is 1.97. The smallest absolute Gasteiger partial charge is 0.352 e. The number of carbonyl (C=O) groups excluding carboxylic acids is 2. The summed E-state index contributed by atoms with van der Waals surface area (Å²) in [6.45, 7) is -0.284. The highest BCUT2D eigenvalue weighted by Gasteiger charge is 2.13. The van der Waals surface area contributed by atoms with Crippen molar-refractivity contribution < 1.29 is 29.3 Å². The van der Waals surface area contributed by atoms with Gasteiger partial charge in [-0.3, -0.25) is 5.41 Å². The molecule has 0 fully saturated rings. The molecule has 0 saturated heterocycles. The molecule has 0 bridgehead atoms. The molecule has 25 heavy (non-hydrogen) atoms. The van der Waals surface area contributed by atoms with Crippen LogP contribution in [0.4, 0.5) is 0 Å². The average molecular weight is 343 g/mol. The largest absolute Gasteiger partial charge is 0.504 e. The summed E-state index contributed by atoms with van der Waals surface area (Å²) in [6.07, 6.45) is -0.0591. The highest BCUT2D eigenvalue weighted by atomic mass is 16.6. The monoisotopic (exact) mass is 343 g/mol. The molecule has 7 nitrogen and oxygen atoms in total. The van der Waals surface area contributed by atoms with Crippen LogP contribution in [0.5, 0.6) is 11.5 Å². The first kappa shape index (κ1) is 18.0. The standard InChI is InChI=1S/C18H17NO6/c19-14(10-12-6-7-15(20)16(21)11-12)18(23)25-9-8-24-17(22)13-4-2-1-3-5-13/h1-7,11,19-21H,8-10H2. The van der Waals surface area contributed by atoms with Gasteiger partial charge >= 0.3 is 11.9 Å². The Balaban J connectivity index is 1.73. The fourth-order valence-electron chi connectivity index (χ4n) is 1.97. The maximum atomic E-state index is 11.7. The molecular formula is C18H17NO6. The summed E-state index contributed by atoms with van der Waals surface area (Å²) in [5.41, 5.74) is 0.556. The Labute approximate surface area is 144 Å². The lowest BCUT2D eigenvalue weighted by molar-refractivity contribution is -0.136. The molecule has 0 unspecified atom stereocenters. The maximum absolute atomic E-state index is 11.7. The SMILES string of the molecule is N=C(Cc1ccc(O)c(O)c1)C(=O)OCCOC(=O)c1ccccc1. The van der Waals surface area contributed by atoms with Crippen LogP contribution in [0.1, 0.15) is 15.9 Å². The van der Waals surface area contributed by atoms with E-state index in [0.29, 0.717) is 11.1 Å². The zero-order valence-electron chi connectivity index (χ0n) is 13.3. The average Bonchev–Trinajstić information content (AvgIpc) is 2.62. The van der Waals surface area contributed by atoms with Crippen LogP contribution in [-0.4, -0.2) is 41.1 Å². The second kappa shape index (κ2) is 8.49. The molecule has 0 radical (unpaired) electrons. The van der Waals surface area contributed by atoms with Crippen LogP contribution in [0.2, 0.25) is 0 Å². The number of benzene rings is 2. The van der Waals surface area contributed by atoms with Gasteiger partial charge in [0.15, 0.2) is 11.5 Å². The van der Waals surface area contributed by atoms with E-state index in [-0.39, 0.29) is 36.8 Å². The Kier molecular flexibility index (Phi) is 6.11. The van der Waals surface area contributed by atoms with Crippen molar-refractivity contribution in [2.45, 2.75) is 6.42 Å². The quantitative estimate of drug-likeness (QED) is 0.307. The van der Waals surface area contributed by atoms with Gasteiger partial charge < -0.3 is 19.7 Å². The Morgan fingerprint density at radius 2 is 1.60 bits per heavy atom. The minimum atomic E-state index is -0.844. The zero-order valence-corrected chi connectivity index (χ0v) is 13.3. The van der Waals surface area contributed by atoms with Gasteiger partial charge in [-0.2, -0.15) is 0 Å². The molecule has 130 valence electrons. The molecule has 0 saturated carbocycles. The van der Waals surface area contributed by atoms with Crippen molar-refractivity contribution in [1.82, 2.24) is 0 Å². The van der Waals surface area contributed by atoms with Gasteiger partial charge in [0.25, 0.3) is 0 Å². The lowest BCUT2D eigenvalue weighted by Gasteiger charge is -2.08. The lowest BCUT2D eigenvalue weighted by atomic mass is 10.1. The van der Waals surface area contributed by atoms with Gasteiger partial charge in [-0.05, 0) is 29.8 Å². The predicted molar refractivity (Wildman–Crippen MR) is 88.9 cm³/mol. The van der Waals surface area contributed by atoms with E-state index in [0.717, 1.165) is 0 Å². The lowest BCUT2D eigenvalue weighted by Crippen LogP contribution is -2.21. The molecular weight excluding hydrogens is 326 g/mol. The Morgan fingerprint density at radius 3 is 2.28 bits per heavy atom. The van der Waals surface area contributed by atoms with E-state index in [1.807, 2.05) is 0 Å². The van der Waals surface area contributed by atoms with E-state index in [1.165, 1.54) is 18.2 Å². The second-order valence-corrected chi connectivity index (χ2v) is 5.12. The number of esters is 2. The number of phenolic OH excluding ortho intramolecular Hbond substituents is 2. The van der Waals surface area contributed by atoms with Gasteiger partial charge in [-0.1, -0.05) is 24.3 Å². The van der Waals surface area contributed by atoms with Crippen molar-refractivity contribution >= 4 is 17.7 Å². The summed E-state index contributed by atoms with van der Waals surface area (Å²) in [7, 11) is 0. The maximum Gasteiger partial charge on any atom is 0.352 e. The summed E-state index contributed by atoms with van der Waals surface area (Å²) in [5, 5.41) is 26.3. The first-order valence-corrected chi connectivity index (χ1v) is 7.45. The van der Waals surface area contributed by atoms with E-state index in [1.54, 1.807) is 30.3 Å². The number of carbonyl (C=O) groups is 2. The van der Waals surface area contributed by atoms with E-state index < -0.39 is 11.9 Å². The molecule has 0 amide bonds. The second-order valence-electron chi connectivity index (χ2n) is 5.12. The number of aromatic hydroxyl groups is 2. The van der Waals surface area contributed by atoms with Crippen LogP contribution in [0.15, 0.2) is 48.5 Å². The van der Waals surface area contributed by atoms with Crippen molar-refractivity contribution in [1.29, 1.82) is 5.41 Å². The van der Waals surface area contributed by atoms with Gasteiger partial charge in [-0.15, -0.1) is 0 Å². The molecule has 0 aliphatic rings. The Bertz CT molecular complexity index is 772. The van der Waals surface area contributed by atoms with Crippen molar-refractivity contribution in [2.75, 3.05) is 13.2 Å².